The second-order valence-corrected chi connectivity index (χ2v) is 3.56. The number of hydrogen-bond acceptors (Lipinski definition) is 5. The van der Waals surface area contributed by atoms with Crippen LogP contribution in [0.4, 0.5) is 0 Å². The van der Waals surface area contributed by atoms with Gasteiger partial charge in [-0.25, -0.2) is 0 Å². The van der Waals surface area contributed by atoms with Crippen LogP contribution in [-0.4, -0.2) is 72.9 Å². The van der Waals surface area contributed by atoms with Crippen molar-refractivity contribution in [3.05, 3.63) is 0 Å². The molecule has 0 heterocycles. The van der Waals surface area contributed by atoms with Crippen LogP contribution in [0.3, 0.4) is 0 Å². The van der Waals surface area contributed by atoms with E-state index in [0.29, 0.717) is 26.2 Å². The van der Waals surface area contributed by atoms with Gasteiger partial charge in [-0.3, -0.25) is 14.5 Å². The van der Waals surface area contributed by atoms with E-state index >= 15 is 0 Å². The summed E-state index contributed by atoms with van der Waals surface area (Å²) < 4.78 is 0. The van der Waals surface area contributed by atoms with Crippen molar-refractivity contribution in [1.82, 2.24) is 15.5 Å². The molecule has 4 N–H and O–H groups in total. The number of carbonyl (C=O) groups is 2. The molecule has 0 aliphatic carbocycles. The molecular weight excluding hydrogens is 226 g/mol. The average molecular weight is 247 g/mol. The van der Waals surface area contributed by atoms with E-state index < -0.39 is 0 Å². The summed E-state index contributed by atoms with van der Waals surface area (Å²) in [6.07, 6.45) is 0. The van der Waals surface area contributed by atoms with Crippen molar-refractivity contribution >= 4 is 11.8 Å². The minimum absolute atomic E-state index is 0.0564. The van der Waals surface area contributed by atoms with Gasteiger partial charge in [0.25, 0.3) is 0 Å². The maximum absolute atomic E-state index is 11.4. The van der Waals surface area contributed by atoms with Crippen LogP contribution in [0, 0.1) is 0 Å². The zero-order chi connectivity index (χ0) is 13.1. The number of nitrogens with zero attached hydrogens (tertiary/aromatic N) is 1. The molecule has 7 heteroatoms. The van der Waals surface area contributed by atoms with Gasteiger partial charge in [-0.15, -0.1) is 0 Å². The molecule has 0 aliphatic heterocycles. The second kappa shape index (κ2) is 10.0. The number of aliphatic hydroxyl groups is 2. The SMILES string of the molecule is CC(=O)NCCNC(=O)CN(CCO)CCO. The molecule has 0 aliphatic rings. The largest absolute Gasteiger partial charge is 0.395 e. The highest BCUT2D eigenvalue weighted by Gasteiger charge is 2.08. The summed E-state index contributed by atoms with van der Waals surface area (Å²) in [5.74, 6) is -0.335. The van der Waals surface area contributed by atoms with Gasteiger partial charge in [-0.05, 0) is 0 Å². The molecule has 0 fully saturated rings. The second-order valence-electron chi connectivity index (χ2n) is 3.56. The maximum Gasteiger partial charge on any atom is 0.234 e. The Morgan fingerprint density at radius 3 is 2.06 bits per heavy atom. The Bertz CT molecular complexity index is 230. The molecule has 0 bridgehead atoms. The summed E-state index contributed by atoms with van der Waals surface area (Å²) >= 11 is 0. The van der Waals surface area contributed by atoms with E-state index in [9.17, 15) is 9.59 Å². The van der Waals surface area contributed by atoms with E-state index in [2.05, 4.69) is 10.6 Å². The molecule has 7 nitrogen and oxygen atoms in total. The van der Waals surface area contributed by atoms with Gasteiger partial charge in [0.05, 0.1) is 19.8 Å². The minimum Gasteiger partial charge on any atom is -0.395 e. The van der Waals surface area contributed by atoms with Crippen molar-refractivity contribution in [2.75, 3.05) is 45.9 Å². The van der Waals surface area contributed by atoms with Crippen LogP contribution >= 0.6 is 0 Å². The summed E-state index contributed by atoms with van der Waals surface area (Å²) in [6.45, 7) is 2.87. The molecule has 100 valence electrons. The van der Waals surface area contributed by atoms with E-state index in [1.54, 1.807) is 4.90 Å². The molecule has 0 saturated carbocycles. The highest BCUT2D eigenvalue weighted by atomic mass is 16.3. The molecular formula is C10H21N3O4. The molecule has 0 saturated heterocycles. The van der Waals surface area contributed by atoms with Gasteiger partial charge >= 0.3 is 0 Å². The van der Waals surface area contributed by atoms with Gasteiger partial charge in [-0.1, -0.05) is 0 Å². The first-order valence-electron chi connectivity index (χ1n) is 5.55. The van der Waals surface area contributed by atoms with Crippen LogP contribution in [0.1, 0.15) is 6.92 Å². The topological polar surface area (TPSA) is 102 Å². The predicted octanol–water partition coefficient (Wildman–Crippen LogP) is -2.47. The molecule has 0 atom stereocenters. The number of carbonyl (C=O) groups excluding carboxylic acids is 2. The van der Waals surface area contributed by atoms with Gasteiger partial charge in [0.2, 0.25) is 11.8 Å². The van der Waals surface area contributed by atoms with E-state index in [1.807, 2.05) is 0 Å². The van der Waals surface area contributed by atoms with Gasteiger partial charge in [-0.2, -0.15) is 0 Å². The molecule has 0 unspecified atom stereocenters. The van der Waals surface area contributed by atoms with E-state index in [0.717, 1.165) is 0 Å². The Kier molecular flexibility index (Phi) is 9.31. The molecule has 0 aromatic rings. The minimum atomic E-state index is -0.197. The van der Waals surface area contributed by atoms with E-state index in [-0.39, 0.29) is 31.6 Å². The molecule has 0 aromatic carbocycles. The van der Waals surface area contributed by atoms with E-state index in [4.69, 9.17) is 10.2 Å². The third-order valence-corrected chi connectivity index (χ3v) is 2.02. The first-order valence-corrected chi connectivity index (χ1v) is 5.55. The number of nitrogens with one attached hydrogen (secondary N) is 2. The summed E-state index contributed by atoms with van der Waals surface area (Å²) in [7, 11) is 0. The highest BCUT2D eigenvalue weighted by Crippen LogP contribution is 1.86. The zero-order valence-corrected chi connectivity index (χ0v) is 10.1. The van der Waals surface area contributed by atoms with E-state index in [1.165, 1.54) is 6.92 Å². The Labute approximate surface area is 101 Å². The number of hydrogen-bond donors (Lipinski definition) is 4. The fraction of sp³-hybridized carbons (Fsp3) is 0.800. The van der Waals surface area contributed by atoms with Crippen molar-refractivity contribution in [1.29, 1.82) is 0 Å². The zero-order valence-electron chi connectivity index (χ0n) is 10.1. The number of amides is 2. The number of aliphatic hydroxyl groups excluding tert-OH is 2. The monoisotopic (exact) mass is 247 g/mol. The normalized spacial score (nSPS) is 10.4. The molecule has 2 amide bonds. The fourth-order valence-electron chi connectivity index (χ4n) is 1.25. The lowest BCUT2D eigenvalue weighted by Crippen LogP contribution is -2.42. The van der Waals surface area contributed by atoms with Gasteiger partial charge in [0, 0.05) is 33.1 Å². The van der Waals surface area contributed by atoms with Crippen molar-refractivity contribution in [3.63, 3.8) is 0 Å². The fourth-order valence-corrected chi connectivity index (χ4v) is 1.25. The quantitative estimate of drug-likeness (QED) is 0.338. The standard InChI is InChI=1S/C10H21N3O4/c1-9(16)11-2-3-12-10(17)8-13(4-6-14)5-7-15/h14-15H,2-8H2,1H3,(H,11,16)(H,12,17). The lowest BCUT2D eigenvalue weighted by molar-refractivity contribution is -0.123. The predicted molar refractivity (Wildman–Crippen MR) is 62.3 cm³/mol. The third kappa shape index (κ3) is 9.73. The highest BCUT2D eigenvalue weighted by molar-refractivity contribution is 5.78. The lowest BCUT2D eigenvalue weighted by atomic mass is 10.4. The Balaban J connectivity index is 3.70. The van der Waals surface area contributed by atoms with Gasteiger partial charge < -0.3 is 20.8 Å². The van der Waals surface area contributed by atoms with Gasteiger partial charge in [0.15, 0.2) is 0 Å². The van der Waals surface area contributed by atoms with Crippen molar-refractivity contribution in [2.24, 2.45) is 0 Å². The van der Waals surface area contributed by atoms with Crippen molar-refractivity contribution in [3.8, 4) is 0 Å². The lowest BCUT2D eigenvalue weighted by Gasteiger charge is -2.19. The third-order valence-electron chi connectivity index (χ3n) is 2.02. The van der Waals surface area contributed by atoms with Crippen LogP contribution in [0.2, 0.25) is 0 Å². The number of rotatable bonds is 9. The van der Waals surface area contributed by atoms with Gasteiger partial charge in [0.1, 0.15) is 0 Å². The smallest absolute Gasteiger partial charge is 0.234 e. The van der Waals surface area contributed by atoms with Crippen LogP contribution < -0.4 is 10.6 Å². The van der Waals surface area contributed by atoms with Crippen LogP contribution in [0.25, 0.3) is 0 Å². The average Bonchev–Trinajstić information content (AvgIpc) is 2.25. The Morgan fingerprint density at radius 2 is 1.59 bits per heavy atom. The molecule has 0 radical (unpaired) electrons. The van der Waals surface area contributed by atoms with Crippen LogP contribution in [0.5, 0.6) is 0 Å². The van der Waals surface area contributed by atoms with Crippen LogP contribution in [0.15, 0.2) is 0 Å². The maximum atomic E-state index is 11.4. The summed E-state index contributed by atoms with van der Waals surface area (Å²) in [6, 6.07) is 0. The molecule has 17 heavy (non-hydrogen) atoms. The van der Waals surface area contributed by atoms with Crippen LogP contribution in [-0.2, 0) is 9.59 Å². The summed E-state index contributed by atoms with van der Waals surface area (Å²) in [5, 5.41) is 22.7. The van der Waals surface area contributed by atoms with Crippen molar-refractivity contribution in [2.45, 2.75) is 6.92 Å². The molecule has 0 rings (SSSR count). The summed E-state index contributed by atoms with van der Waals surface area (Å²) in [4.78, 5) is 23.6. The molecule has 0 spiro atoms. The summed E-state index contributed by atoms with van der Waals surface area (Å²) in [5.41, 5.74) is 0. The Morgan fingerprint density at radius 1 is 1.06 bits per heavy atom. The first kappa shape index (κ1) is 15.8. The molecule has 0 aromatic heterocycles. The Hall–Kier alpha value is -1.18. The van der Waals surface area contributed by atoms with Crippen molar-refractivity contribution < 1.29 is 19.8 Å². The first-order chi connectivity index (χ1) is 8.10.